The molecule has 3 aromatic rings. The number of hydrogen-bond donors (Lipinski definition) is 1. The summed E-state index contributed by atoms with van der Waals surface area (Å²) in [5.74, 6) is 0.261. The van der Waals surface area contributed by atoms with Gasteiger partial charge in [-0.25, -0.2) is 0 Å². The summed E-state index contributed by atoms with van der Waals surface area (Å²) >= 11 is 10.8. The molecule has 3 aromatic carbocycles. The van der Waals surface area contributed by atoms with Crippen molar-refractivity contribution in [2.75, 3.05) is 7.11 Å². The maximum absolute atomic E-state index is 12.5. The summed E-state index contributed by atoms with van der Waals surface area (Å²) in [5, 5.41) is 3.48. The van der Waals surface area contributed by atoms with Crippen molar-refractivity contribution in [3.8, 4) is 11.5 Å². The Morgan fingerprint density at radius 2 is 1.85 bits per heavy atom. The van der Waals surface area contributed by atoms with Gasteiger partial charge in [-0.3, -0.25) is 9.59 Å². The van der Waals surface area contributed by atoms with Crippen molar-refractivity contribution in [2.24, 2.45) is 4.99 Å². The molecule has 0 bridgehead atoms. The molecule has 0 spiro atoms. The first kappa shape index (κ1) is 24.1. The average Bonchev–Trinajstić information content (AvgIpc) is 3.18. The molecule has 1 saturated heterocycles. The summed E-state index contributed by atoms with van der Waals surface area (Å²) in [6, 6.07) is 19.6. The second-order valence-corrected chi connectivity index (χ2v) is 9.35. The molecule has 4 rings (SSSR count). The Hall–Kier alpha value is -3.07. The van der Waals surface area contributed by atoms with Gasteiger partial charge in [-0.05, 0) is 53.7 Å². The monoisotopic (exact) mass is 556 g/mol. The second kappa shape index (κ2) is 10.9. The van der Waals surface area contributed by atoms with E-state index in [1.165, 1.54) is 0 Å². The van der Waals surface area contributed by atoms with Crippen LogP contribution in [0, 0.1) is 0 Å². The molecule has 0 saturated carbocycles. The highest BCUT2D eigenvalue weighted by molar-refractivity contribution is 9.10. The topological polar surface area (TPSA) is 77.0 Å². The summed E-state index contributed by atoms with van der Waals surface area (Å²) in [5.41, 5.74) is 2.00. The normalized spacial score (nSPS) is 15.4. The minimum atomic E-state index is -0.424. The molecule has 1 N–H and O–H groups in total. The zero-order valence-electron chi connectivity index (χ0n) is 17.9. The van der Waals surface area contributed by atoms with Gasteiger partial charge >= 0.3 is 0 Å². The highest BCUT2D eigenvalue weighted by Gasteiger charge is 2.25. The fraction of sp³-hybridized carbons (Fsp3) is 0.0800. The largest absolute Gasteiger partial charge is 0.493 e. The van der Waals surface area contributed by atoms with Crippen molar-refractivity contribution in [2.45, 2.75) is 6.61 Å². The van der Waals surface area contributed by atoms with E-state index in [1.54, 1.807) is 55.7 Å². The molecule has 0 atom stereocenters. The predicted molar refractivity (Wildman–Crippen MR) is 138 cm³/mol. The summed E-state index contributed by atoms with van der Waals surface area (Å²) < 4.78 is 12.1. The molecule has 1 fully saturated rings. The number of carbonyl (C=O) groups excluding carboxylic acids is 2. The fourth-order valence-electron chi connectivity index (χ4n) is 3.06. The van der Waals surface area contributed by atoms with Crippen LogP contribution in [0.5, 0.6) is 11.5 Å². The number of amidine groups is 1. The van der Waals surface area contributed by atoms with Crippen LogP contribution in [0.15, 0.2) is 81.1 Å². The number of carbonyl (C=O) groups is 2. The lowest BCUT2D eigenvalue weighted by Crippen LogP contribution is -2.20. The van der Waals surface area contributed by atoms with Gasteiger partial charge in [0.15, 0.2) is 16.7 Å². The van der Waals surface area contributed by atoms with Gasteiger partial charge in [0, 0.05) is 20.6 Å². The van der Waals surface area contributed by atoms with Gasteiger partial charge in [0.25, 0.3) is 11.8 Å². The highest BCUT2D eigenvalue weighted by Crippen LogP contribution is 2.37. The maximum atomic E-state index is 12.5. The first-order valence-corrected chi connectivity index (χ1v) is 12.1. The number of thioether (sulfide) groups is 1. The molecule has 1 aliphatic rings. The standard InChI is InChI=1S/C25H18BrClN2O4S/c1-32-20-11-17(18(26)13-21(20)33-14-16-9-5-6-10-19(16)27)12-22-24(31)29-25(34-22)28-23(30)15-7-3-2-4-8-15/h2-13H,14H2,1H3,(H,28,29,30,31)/b22-12-. The smallest absolute Gasteiger partial charge is 0.279 e. The highest BCUT2D eigenvalue weighted by atomic mass is 79.9. The number of amides is 2. The van der Waals surface area contributed by atoms with Crippen LogP contribution < -0.4 is 14.8 Å². The van der Waals surface area contributed by atoms with Crippen LogP contribution in [0.2, 0.25) is 5.02 Å². The van der Waals surface area contributed by atoms with Gasteiger partial charge < -0.3 is 14.8 Å². The third kappa shape index (κ3) is 5.70. The number of rotatable bonds is 6. The molecular formula is C25H18BrClN2O4S. The van der Waals surface area contributed by atoms with Crippen LogP contribution >= 0.6 is 39.3 Å². The van der Waals surface area contributed by atoms with Crippen molar-refractivity contribution >= 4 is 62.4 Å². The number of methoxy groups -OCH3 is 1. The molecule has 0 radical (unpaired) electrons. The van der Waals surface area contributed by atoms with Crippen molar-refractivity contribution in [1.82, 2.24) is 5.32 Å². The van der Waals surface area contributed by atoms with E-state index in [2.05, 4.69) is 26.2 Å². The SMILES string of the molecule is COc1cc(/C=C2\SC(=NC(=O)c3ccccc3)NC2=O)c(Br)cc1OCc1ccccc1Cl. The summed E-state index contributed by atoms with van der Waals surface area (Å²) in [6.45, 7) is 0.274. The van der Waals surface area contributed by atoms with E-state index >= 15 is 0 Å². The Morgan fingerprint density at radius 3 is 2.59 bits per heavy atom. The number of halogens is 2. The first-order valence-electron chi connectivity index (χ1n) is 10.1. The lowest BCUT2D eigenvalue weighted by molar-refractivity contribution is -0.115. The Kier molecular flexibility index (Phi) is 7.72. The zero-order valence-corrected chi connectivity index (χ0v) is 21.0. The van der Waals surface area contributed by atoms with E-state index in [0.29, 0.717) is 37.0 Å². The molecule has 0 unspecified atom stereocenters. The number of ether oxygens (including phenoxy) is 2. The van der Waals surface area contributed by atoms with Crippen LogP contribution in [-0.2, 0) is 11.4 Å². The van der Waals surface area contributed by atoms with Crippen LogP contribution in [0.1, 0.15) is 21.5 Å². The maximum Gasteiger partial charge on any atom is 0.279 e. The Bertz CT molecular complexity index is 1310. The minimum Gasteiger partial charge on any atom is -0.493 e. The second-order valence-electron chi connectivity index (χ2n) is 7.06. The van der Waals surface area contributed by atoms with E-state index in [4.69, 9.17) is 21.1 Å². The van der Waals surface area contributed by atoms with E-state index in [1.807, 2.05) is 24.3 Å². The van der Waals surface area contributed by atoms with Gasteiger partial charge in [0.05, 0.1) is 12.0 Å². The van der Waals surface area contributed by atoms with Gasteiger partial charge in [0.1, 0.15) is 6.61 Å². The van der Waals surface area contributed by atoms with Gasteiger partial charge in [-0.15, -0.1) is 0 Å². The average molecular weight is 558 g/mol. The van der Waals surface area contributed by atoms with Crippen LogP contribution in [0.25, 0.3) is 6.08 Å². The van der Waals surface area contributed by atoms with Gasteiger partial charge in [-0.2, -0.15) is 4.99 Å². The first-order chi connectivity index (χ1) is 16.4. The minimum absolute atomic E-state index is 0.230. The van der Waals surface area contributed by atoms with Gasteiger partial charge in [0.2, 0.25) is 0 Å². The number of benzene rings is 3. The molecule has 1 aliphatic heterocycles. The predicted octanol–water partition coefficient (Wildman–Crippen LogP) is 6.09. The van der Waals surface area contributed by atoms with E-state index < -0.39 is 5.91 Å². The summed E-state index contributed by atoms with van der Waals surface area (Å²) in [4.78, 5) is 29.2. The van der Waals surface area contributed by atoms with Crippen molar-refractivity contribution in [3.63, 3.8) is 0 Å². The molecule has 34 heavy (non-hydrogen) atoms. The summed E-state index contributed by atoms with van der Waals surface area (Å²) in [7, 11) is 1.54. The third-order valence-corrected chi connectivity index (χ3v) is 6.75. The van der Waals surface area contributed by atoms with Crippen molar-refractivity contribution in [1.29, 1.82) is 0 Å². The third-order valence-electron chi connectivity index (χ3n) is 4.79. The fourth-order valence-corrected chi connectivity index (χ4v) is 4.50. The van der Waals surface area contributed by atoms with E-state index in [0.717, 1.165) is 17.3 Å². The van der Waals surface area contributed by atoms with E-state index in [-0.39, 0.29) is 17.7 Å². The Balaban J connectivity index is 1.53. The molecule has 1 heterocycles. The molecule has 2 amide bonds. The molecular weight excluding hydrogens is 540 g/mol. The van der Waals surface area contributed by atoms with Crippen LogP contribution in [-0.4, -0.2) is 24.1 Å². The lowest BCUT2D eigenvalue weighted by atomic mass is 10.1. The van der Waals surface area contributed by atoms with Crippen molar-refractivity contribution in [3.05, 3.63) is 97.8 Å². The Morgan fingerprint density at radius 1 is 1.12 bits per heavy atom. The molecule has 172 valence electrons. The number of hydrogen-bond acceptors (Lipinski definition) is 5. The quantitative estimate of drug-likeness (QED) is 0.371. The van der Waals surface area contributed by atoms with Crippen molar-refractivity contribution < 1.29 is 19.1 Å². The Labute approximate surface area is 214 Å². The number of nitrogens with one attached hydrogen (secondary N) is 1. The van der Waals surface area contributed by atoms with Crippen LogP contribution in [0.4, 0.5) is 0 Å². The zero-order chi connectivity index (χ0) is 24.1. The molecule has 9 heteroatoms. The van der Waals surface area contributed by atoms with Gasteiger partial charge in [-0.1, -0.05) is 63.9 Å². The lowest BCUT2D eigenvalue weighted by Gasteiger charge is -2.13. The number of aliphatic imine (C=N–C) groups is 1. The molecule has 0 aromatic heterocycles. The summed E-state index contributed by atoms with van der Waals surface area (Å²) in [6.07, 6.45) is 1.69. The van der Waals surface area contributed by atoms with Crippen LogP contribution in [0.3, 0.4) is 0 Å². The molecule has 6 nitrogen and oxygen atoms in total. The molecule has 0 aliphatic carbocycles. The van der Waals surface area contributed by atoms with E-state index in [9.17, 15) is 9.59 Å². The number of nitrogens with zero attached hydrogens (tertiary/aromatic N) is 1.